The number of nitrogens with two attached hydrogens (primary N) is 1. The van der Waals surface area contributed by atoms with Crippen LogP contribution in [0.3, 0.4) is 0 Å². The van der Waals surface area contributed by atoms with Crippen molar-refractivity contribution in [2.45, 2.75) is 57.1 Å². The van der Waals surface area contributed by atoms with Gasteiger partial charge in [-0.15, -0.1) is 0 Å². The van der Waals surface area contributed by atoms with Crippen molar-refractivity contribution in [1.29, 1.82) is 0 Å². The lowest BCUT2D eigenvalue weighted by Gasteiger charge is -2.55. The Balaban J connectivity index is 0.000000183. The highest BCUT2D eigenvalue weighted by Gasteiger charge is 2.48. The summed E-state index contributed by atoms with van der Waals surface area (Å²) in [4.78, 5) is 21.8. The van der Waals surface area contributed by atoms with Crippen LogP contribution in [0.1, 0.15) is 45.4 Å². The highest BCUT2D eigenvalue weighted by atomic mass is 32.2. The van der Waals surface area contributed by atoms with E-state index in [1.165, 1.54) is 50.3 Å². The van der Waals surface area contributed by atoms with Crippen LogP contribution in [0.4, 0.5) is 0 Å². The summed E-state index contributed by atoms with van der Waals surface area (Å²) in [7, 11) is 0. The number of thioether (sulfide) groups is 1. The third-order valence-corrected chi connectivity index (χ3v) is 6.80. The van der Waals surface area contributed by atoms with E-state index in [2.05, 4.69) is 12.6 Å². The zero-order valence-electron chi connectivity index (χ0n) is 15.1. The molecule has 0 unspecified atom stereocenters. The molecule has 7 heteroatoms. The quantitative estimate of drug-likeness (QED) is 0.478. The van der Waals surface area contributed by atoms with Gasteiger partial charge in [-0.05, 0) is 62.5 Å². The van der Waals surface area contributed by atoms with Gasteiger partial charge < -0.3 is 15.6 Å². The Labute approximate surface area is 160 Å². The first-order valence-corrected chi connectivity index (χ1v) is 11.1. The van der Waals surface area contributed by atoms with Crippen LogP contribution < -0.4 is 5.73 Å². The van der Waals surface area contributed by atoms with E-state index in [9.17, 15) is 9.59 Å². The van der Waals surface area contributed by atoms with E-state index in [-0.39, 0.29) is 11.7 Å². The van der Waals surface area contributed by atoms with Crippen LogP contribution in [0, 0.1) is 23.7 Å². The van der Waals surface area contributed by atoms with Crippen LogP contribution in [0.2, 0.25) is 0 Å². The molecule has 4 fully saturated rings. The molecule has 0 aromatic carbocycles. The molecule has 25 heavy (non-hydrogen) atoms. The van der Waals surface area contributed by atoms with Crippen molar-refractivity contribution >= 4 is 36.3 Å². The lowest BCUT2D eigenvalue weighted by molar-refractivity contribution is -0.164. The fraction of sp³-hybridized carbons (Fsp3) is 0.889. The van der Waals surface area contributed by atoms with Gasteiger partial charge in [-0.25, -0.2) is 4.79 Å². The van der Waals surface area contributed by atoms with Crippen molar-refractivity contribution in [3.05, 3.63) is 0 Å². The van der Waals surface area contributed by atoms with Crippen molar-refractivity contribution in [3.8, 4) is 0 Å². The van der Waals surface area contributed by atoms with Gasteiger partial charge in [-0.2, -0.15) is 24.4 Å². The number of ether oxygens (including phenoxy) is 1. The first kappa shape index (κ1) is 20.9. The highest BCUT2D eigenvalue weighted by Crippen LogP contribution is 2.54. The van der Waals surface area contributed by atoms with Crippen LogP contribution >= 0.6 is 24.4 Å². The van der Waals surface area contributed by atoms with Gasteiger partial charge in [0.15, 0.2) is 0 Å². The smallest absolute Gasteiger partial charge is 0.345 e. The Morgan fingerprint density at radius 3 is 2.04 bits per heavy atom. The van der Waals surface area contributed by atoms with E-state index >= 15 is 0 Å². The van der Waals surface area contributed by atoms with E-state index in [0.29, 0.717) is 11.3 Å². The van der Waals surface area contributed by atoms with Gasteiger partial charge in [-0.1, -0.05) is 6.92 Å². The van der Waals surface area contributed by atoms with Crippen LogP contribution in [-0.4, -0.2) is 46.4 Å². The Kier molecular flexibility index (Phi) is 7.52. The fourth-order valence-electron chi connectivity index (χ4n) is 4.82. The molecule has 0 heterocycles. The number of carboxylic acid groups (broad SMARTS) is 1. The second-order valence-electron chi connectivity index (χ2n) is 8.08. The maximum atomic E-state index is 11.2. The zero-order valence-corrected chi connectivity index (χ0v) is 16.9. The number of carbonyl (C=O) groups excluding carboxylic acids is 1. The topological polar surface area (TPSA) is 89.6 Å². The van der Waals surface area contributed by atoms with Crippen molar-refractivity contribution in [2.24, 2.45) is 29.4 Å². The van der Waals surface area contributed by atoms with Crippen LogP contribution in [0.15, 0.2) is 0 Å². The predicted octanol–water partition coefficient (Wildman–Crippen LogP) is 2.83. The first-order valence-electron chi connectivity index (χ1n) is 9.08. The van der Waals surface area contributed by atoms with E-state index in [4.69, 9.17) is 15.6 Å². The van der Waals surface area contributed by atoms with Crippen molar-refractivity contribution in [3.63, 3.8) is 0 Å². The van der Waals surface area contributed by atoms with Gasteiger partial charge in [0.25, 0.3) is 0 Å². The summed E-state index contributed by atoms with van der Waals surface area (Å²) in [6.45, 7) is 1.65. The summed E-state index contributed by atoms with van der Waals surface area (Å²) < 4.78 is 4.80. The van der Waals surface area contributed by atoms with E-state index in [1.54, 1.807) is 13.2 Å². The van der Waals surface area contributed by atoms with E-state index in [1.807, 2.05) is 0 Å². The van der Waals surface area contributed by atoms with E-state index in [0.717, 1.165) is 17.8 Å². The van der Waals surface area contributed by atoms with Crippen molar-refractivity contribution in [2.75, 3.05) is 17.8 Å². The third-order valence-electron chi connectivity index (χ3n) is 5.61. The summed E-state index contributed by atoms with van der Waals surface area (Å²) in [5, 5.41) is 8.70. The maximum absolute atomic E-state index is 11.2. The minimum Gasteiger partial charge on any atom is -0.478 e. The molecule has 0 saturated heterocycles. The SMILES string of the molecule is CSC[C@H](OC(=O)[C@H](C)CS)C(=O)O.NC12CC3CC(CC(C3)C1)C2. The molecule has 4 aliphatic rings. The maximum Gasteiger partial charge on any atom is 0.345 e. The van der Waals surface area contributed by atoms with Crippen LogP contribution in [0.5, 0.6) is 0 Å². The molecule has 4 aliphatic carbocycles. The molecule has 4 saturated carbocycles. The normalized spacial score (nSPS) is 34.6. The summed E-state index contributed by atoms with van der Waals surface area (Å²) in [6.07, 6.45) is 9.27. The van der Waals surface area contributed by atoms with Gasteiger partial charge >= 0.3 is 11.9 Å². The van der Waals surface area contributed by atoms with E-state index < -0.39 is 18.0 Å². The standard InChI is InChI=1S/C10H17N.C8H14O4S2/c11-10-4-7-1-8(5-10)3-9(2-7)6-10;1-5(3-13)8(11)12-6(4-14-2)7(9)10/h7-9H,1-6,11H2;5-6,13H,3-4H2,1-2H3,(H,9,10)/t;5-,6+/m.1/s1. The minimum atomic E-state index is -1.11. The fourth-order valence-corrected chi connectivity index (χ4v) is 5.48. The first-order chi connectivity index (χ1) is 11.8. The molecule has 0 aromatic heterocycles. The van der Waals surface area contributed by atoms with Gasteiger partial charge in [0.05, 0.1) is 5.92 Å². The van der Waals surface area contributed by atoms with Gasteiger partial charge in [0.2, 0.25) is 6.10 Å². The largest absolute Gasteiger partial charge is 0.478 e. The molecule has 2 atom stereocenters. The lowest BCUT2D eigenvalue weighted by Crippen LogP contribution is -2.55. The number of aliphatic carboxylic acids is 1. The molecule has 5 nitrogen and oxygen atoms in total. The lowest BCUT2D eigenvalue weighted by atomic mass is 9.53. The molecule has 0 amide bonds. The summed E-state index contributed by atoms with van der Waals surface area (Å²) in [6, 6.07) is 0. The Morgan fingerprint density at radius 1 is 1.24 bits per heavy atom. The van der Waals surface area contributed by atoms with Crippen LogP contribution in [-0.2, 0) is 14.3 Å². The Hall–Kier alpha value is -0.400. The molecule has 3 N–H and O–H groups in total. The molecule has 0 spiro atoms. The molecule has 144 valence electrons. The molecular weight excluding hydrogens is 358 g/mol. The van der Waals surface area contributed by atoms with Gasteiger partial charge in [-0.3, -0.25) is 4.79 Å². The number of carbonyl (C=O) groups is 2. The Morgan fingerprint density at radius 2 is 1.72 bits per heavy atom. The number of esters is 1. The number of rotatable bonds is 6. The molecular formula is C18H31NO4S2. The monoisotopic (exact) mass is 389 g/mol. The molecule has 0 aliphatic heterocycles. The third kappa shape index (κ3) is 5.79. The second kappa shape index (κ2) is 9.00. The number of hydrogen-bond donors (Lipinski definition) is 3. The van der Waals surface area contributed by atoms with Gasteiger partial charge in [0.1, 0.15) is 0 Å². The average molecular weight is 390 g/mol. The molecule has 0 aromatic rings. The number of hydrogen-bond acceptors (Lipinski definition) is 6. The zero-order chi connectivity index (χ0) is 18.6. The molecule has 4 rings (SSSR count). The predicted molar refractivity (Wildman–Crippen MR) is 104 cm³/mol. The minimum absolute atomic E-state index is 0.264. The Bertz CT molecular complexity index is 450. The van der Waals surface area contributed by atoms with Crippen molar-refractivity contribution in [1.82, 2.24) is 0 Å². The average Bonchev–Trinajstić information content (AvgIpc) is 2.51. The van der Waals surface area contributed by atoms with Gasteiger partial charge in [0, 0.05) is 17.0 Å². The highest BCUT2D eigenvalue weighted by molar-refractivity contribution is 7.98. The molecule has 0 radical (unpaired) electrons. The summed E-state index contributed by atoms with van der Waals surface area (Å²) in [5.74, 6) is 1.68. The van der Waals surface area contributed by atoms with Crippen LogP contribution in [0.25, 0.3) is 0 Å². The second-order valence-corrected chi connectivity index (χ2v) is 9.36. The summed E-state index contributed by atoms with van der Waals surface area (Å²) >= 11 is 5.25. The number of carboxylic acids is 1. The van der Waals surface area contributed by atoms with Crippen molar-refractivity contribution < 1.29 is 19.4 Å². The summed E-state index contributed by atoms with van der Waals surface area (Å²) in [5.41, 5.74) is 6.62. The molecule has 4 bridgehead atoms. The number of thiol groups is 1.